The molecule has 3 aromatic rings. The number of hydrogen-bond acceptors (Lipinski definition) is 8. The average Bonchev–Trinajstić information content (AvgIpc) is 3.42. The summed E-state index contributed by atoms with van der Waals surface area (Å²) in [6.07, 6.45) is 2.39. The van der Waals surface area contributed by atoms with Crippen molar-refractivity contribution in [2.75, 3.05) is 20.0 Å². The molecule has 2 aromatic heterocycles. The third-order valence-electron chi connectivity index (χ3n) is 4.68. The third kappa shape index (κ3) is 4.65. The third-order valence-corrected chi connectivity index (χ3v) is 5.68. The van der Waals surface area contributed by atoms with Crippen LogP contribution in [-0.4, -0.2) is 56.3 Å². The van der Waals surface area contributed by atoms with Crippen LogP contribution in [0.3, 0.4) is 0 Å². The second-order valence-electron chi connectivity index (χ2n) is 7.32. The van der Waals surface area contributed by atoms with Crippen LogP contribution in [0.1, 0.15) is 23.0 Å². The molecule has 0 aliphatic carbocycles. The van der Waals surface area contributed by atoms with E-state index >= 15 is 0 Å². The van der Waals surface area contributed by atoms with Crippen molar-refractivity contribution in [2.45, 2.75) is 18.0 Å². The van der Waals surface area contributed by atoms with Gasteiger partial charge in [0.2, 0.25) is 5.90 Å². The van der Waals surface area contributed by atoms with Gasteiger partial charge in [0.25, 0.3) is 0 Å². The highest BCUT2D eigenvalue weighted by Gasteiger charge is 2.19. The zero-order valence-corrected chi connectivity index (χ0v) is 18.5. The van der Waals surface area contributed by atoms with Gasteiger partial charge < -0.3 is 19.2 Å². The lowest BCUT2D eigenvalue weighted by Crippen LogP contribution is -2.03. The molecule has 9 nitrogen and oxygen atoms in total. The van der Waals surface area contributed by atoms with Gasteiger partial charge in [0.05, 0.1) is 24.9 Å². The van der Waals surface area contributed by atoms with E-state index in [0.717, 1.165) is 17.6 Å². The van der Waals surface area contributed by atoms with Gasteiger partial charge in [0, 0.05) is 17.5 Å². The molecule has 4 rings (SSSR count). The number of methoxy groups -OCH3 is 1. The Labute approximate surface area is 185 Å². The number of ether oxygens (including phenoxy) is 3. The van der Waals surface area contributed by atoms with Crippen LogP contribution in [0.5, 0.6) is 11.5 Å². The molecule has 1 aliphatic rings. The van der Waals surface area contributed by atoms with E-state index in [1.165, 1.54) is 31.5 Å². The number of aromatic amines is 1. The number of sulfone groups is 1. The fourth-order valence-corrected chi connectivity index (χ4v) is 3.70. The number of carbonyl (C=O) groups excluding carboxylic acids is 1. The number of aliphatic imine (C=N–C) groups is 1. The lowest BCUT2D eigenvalue weighted by Gasteiger charge is -2.10. The number of hydrogen-bond donors (Lipinski definition) is 1. The lowest BCUT2D eigenvalue weighted by molar-refractivity contribution is 0.0600. The number of benzene rings is 1. The van der Waals surface area contributed by atoms with Gasteiger partial charge in [-0.25, -0.2) is 23.2 Å². The van der Waals surface area contributed by atoms with Crippen LogP contribution in [0.4, 0.5) is 0 Å². The van der Waals surface area contributed by atoms with Crippen molar-refractivity contribution in [3.8, 4) is 22.8 Å². The monoisotopic (exact) mass is 455 g/mol. The van der Waals surface area contributed by atoms with E-state index < -0.39 is 15.8 Å². The zero-order chi connectivity index (χ0) is 22.9. The van der Waals surface area contributed by atoms with E-state index in [1.54, 1.807) is 12.1 Å². The first-order valence-electron chi connectivity index (χ1n) is 9.70. The Balaban J connectivity index is 1.67. The fourth-order valence-electron chi connectivity index (χ4n) is 3.14. The van der Waals surface area contributed by atoms with Crippen LogP contribution in [-0.2, 0) is 19.3 Å². The predicted molar refractivity (Wildman–Crippen MR) is 117 cm³/mol. The highest BCUT2D eigenvalue weighted by atomic mass is 32.2. The number of nitrogens with zero attached hydrogens (tertiary/aromatic N) is 2. The van der Waals surface area contributed by atoms with Crippen molar-refractivity contribution in [2.24, 2.45) is 4.99 Å². The van der Waals surface area contributed by atoms with E-state index in [1.807, 2.05) is 19.1 Å². The molecule has 0 saturated heterocycles. The van der Waals surface area contributed by atoms with Crippen LogP contribution in [0.2, 0.25) is 0 Å². The van der Waals surface area contributed by atoms with Gasteiger partial charge in [-0.3, -0.25) is 0 Å². The number of carbonyl (C=O) groups is 1. The minimum atomic E-state index is -3.42. The summed E-state index contributed by atoms with van der Waals surface area (Å²) in [5, 5.41) is -0.0564. The average molecular weight is 455 g/mol. The maximum atomic E-state index is 12.2. The minimum Gasteiger partial charge on any atom is -0.474 e. The molecular formula is C22H21N3O6S. The molecule has 3 heterocycles. The predicted octanol–water partition coefficient (Wildman–Crippen LogP) is 3.22. The molecule has 166 valence electrons. The van der Waals surface area contributed by atoms with Gasteiger partial charge in [-0.15, -0.1) is 0 Å². The van der Waals surface area contributed by atoms with Crippen LogP contribution in [0, 0.1) is 0 Å². The van der Waals surface area contributed by atoms with E-state index in [4.69, 9.17) is 14.2 Å². The van der Waals surface area contributed by atoms with Gasteiger partial charge >= 0.3 is 5.97 Å². The number of esters is 1. The normalized spacial score (nSPS) is 15.7. The quantitative estimate of drug-likeness (QED) is 0.567. The molecule has 10 heteroatoms. The molecule has 0 bridgehead atoms. The Morgan fingerprint density at radius 1 is 1.12 bits per heavy atom. The maximum absolute atomic E-state index is 12.2. The Hall–Kier alpha value is -3.66. The summed E-state index contributed by atoms with van der Waals surface area (Å²) in [5.41, 5.74) is 2.43. The van der Waals surface area contributed by atoms with Crippen molar-refractivity contribution in [1.29, 1.82) is 0 Å². The molecule has 0 radical (unpaired) electrons. The van der Waals surface area contributed by atoms with Gasteiger partial charge in [-0.2, -0.15) is 0 Å². The number of aromatic nitrogens is 2. The standard InChI is InChI=1S/C22H21N3O6S/c1-13-12-30-21(24-13)19-6-5-18(25-19)14-8-15(22(26)29-2)10-17(9-14)31-16-4-7-20(23-11-16)32(3,27)28/h4-11,13,25H,12H2,1-3H3/t13-/m1/s1. The summed E-state index contributed by atoms with van der Waals surface area (Å²) in [5.74, 6) is 0.698. The van der Waals surface area contributed by atoms with Crippen LogP contribution in [0.15, 0.2) is 58.7 Å². The van der Waals surface area contributed by atoms with Crippen molar-refractivity contribution < 1.29 is 27.4 Å². The van der Waals surface area contributed by atoms with Crippen LogP contribution < -0.4 is 4.74 Å². The first-order valence-corrected chi connectivity index (χ1v) is 11.6. The molecule has 1 aromatic carbocycles. The number of pyridine rings is 1. The van der Waals surface area contributed by atoms with E-state index in [2.05, 4.69) is 15.0 Å². The smallest absolute Gasteiger partial charge is 0.338 e. The summed E-state index contributed by atoms with van der Waals surface area (Å²) in [6, 6.07) is 11.6. The lowest BCUT2D eigenvalue weighted by atomic mass is 10.1. The number of H-pyrrole nitrogens is 1. The van der Waals surface area contributed by atoms with Gasteiger partial charge in [-0.1, -0.05) is 0 Å². The van der Waals surface area contributed by atoms with Gasteiger partial charge in [0.15, 0.2) is 14.9 Å². The summed E-state index contributed by atoms with van der Waals surface area (Å²) < 4.78 is 39.5. The van der Waals surface area contributed by atoms with E-state index in [9.17, 15) is 13.2 Å². The summed E-state index contributed by atoms with van der Waals surface area (Å²) in [4.78, 5) is 23.8. The van der Waals surface area contributed by atoms with Crippen molar-refractivity contribution in [3.05, 3.63) is 59.9 Å². The zero-order valence-electron chi connectivity index (χ0n) is 17.7. The molecule has 0 amide bonds. The molecule has 32 heavy (non-hydrogen) atoms. The first kappa shape index (κ1) is 21.6. The molecule has 1 N–H and O–H groups in total. The molecule has 1 aliphatic heterocycles. The molecule has 0 spiro atoms. The van der Waals surface area contributed by atoms with Crippen molar-refractivity contribution >= 4 is 21.7 Å². The Bertz CT molecular complexity index is 1300. The highest BCUT2D eigenvalue weighted by molar-refractivity contribution is 7.90. The summed E-state index contributed by atoms with van der Waals surface area (Å²) >= 11 is 0. The second kappa shape index (κ2) is 8.46. The molecule has 0 unspecified atom stereocenters. The van der Waals surface area contributed by atoms with Crippen molar-refractivity contribution in [1.82, 2.24) is 9.97 Å². The maximum Gasteiger partial charge on any atom is 0.338 e. The Morgan fingerprint density at radius 3 is 2.53 bits per heavy atom. The van der Waals surface area contributed by atoms with E-state index in [0.29, 0.717) is 35.1 Å². The molecule has 1 atom stereocenters. The first-order chi connectivity index (χ1) is 15.2. The summed E-state index contributed by atoms with van der Waals surface area (Å²) in [6.45, 7) is 2.50. The van der Waals surface area contributed by atoms with Crippen molar-refractivity contribution in [3.63, 3.8) is 0 Å². The van der Waals surface area contributed by atoms with Crippen LogP contribution >= 0.6 is 0 Å². The van der Waals surface area contributed by atoms with Crippen LogP contribution in [0.25, 0.3) is 11.3 Å². The molecular weight excluding hydrogens is 434 g/mol. The largest absolute Gasteiger partial charge is 0.474 e. The molecule has 0 fully saturated rings. The fraction of sp³-hybridized carbons (Fsp3) is 0.227. The minimum absolute atomic E-state index is 0.0564. The molecule has 0 saturated carbocycles. The number of rotatable bonds is 6. The highest BCUT2D eigenvalue weighted by Crippen LogP contribution is 2.30. The SMILES string of the molecule is COC(=O)c1cc(Oc2ccc(S(C)(=O)=O)nc2)cc(-c2ccc(C3=N[C@H](C)CO3)[nH]2)c1. The van der Waals surface area contributed by atoms with Gasteiger partial charge in [-0.05, 0) is 49.4 Å². The summed E-state index contributed by atoms with van der Waals surface area (Å²) in [7, 11) is -2.12. The Kier molecular flexibility index (Phi) is 5.70. The van der Waals surface area contributed by atoms with Gasteiger partial charge in [0.1, 0.15) is 23.8 Å². The topological polar surface area (TPSA) is 120 Å². The Morgan fingerprint density at radius 2 is 1.91 bits per heavy atom. The number of nitrogens with one attached hydrogen (secondary N) is 1. The second-order valence-corrected chi connectivity index (χ2v) is 9.29. The van der Waals surface area contributed by atoms with E-state index in [-0.39, 0.29) is 11.1 Å².